The van der Waals surface area contributed by atoms with Crippen LogP contribution in [0.15, 0.2) is 16.7 Å². The van der Waals surface area contributed by atoms with Crippen molar-refractivity contribution in [3.05, 3.63) is 16.7 Å². The van der Waals surface area contributed by atoms with Gasteiger partial charge in [0.25, 0.3) is 5.91 Å². The van der Waals surface area contributed by atoms with E-state index in [0.29, 0.717) is 16.2 Å². The monoisotopic (exact) mass is 311 g/mol. The summed E-state index contributed by atoms with van der Waals surface area (Å²) in [5, 5.41) is 6.11. The number of nitrogens with one attached hydrogen (secondary N) is 2. The van der Waals surface area contributed by atoms with Crippen LogP contribution in [0.5, 0.6) is 5.75 Å². The number of ether oxygens (including phenoxy) is 1. The van der Waals surface area contributed by atoms with Gasteiger partial charge < -0.3 is 15.4 Å². The number of piperidine rings is 1. The average molecular weight is 312 g/mol. The van der Waals surface area contributed by atoms with Crippen molar-refractivity contribution in [3.63, 3.8) is 0 Å². The third-order valence-corrected chi connectivity index (χ3v) is 3.83. The predicted molar refractivity (Wildman–Crippen MR) is 70.6 cm³/mol. The first-order valence-electron chi connectivity index (χ1n) is 6.09. The largest absolute Gasteiger partial charge is 0.476 e. The first kappa shape index (κ1) is 11.9. The maximum absolute atomic E-state index is 12.1. The average Bonchev–Trinajstić information content (AvgIpc) is 2.39. The minimum atomic E-state index is -0.387. The van der Waals surface area contributed by atoms with Gasteiger partial charge in [-0.15, -0.1) is 0 Å². The van der Waals surface area contributed by atoms with E-state index in [1.165, 1.54) is 0 Å². The Morgan fingerprint density at radius 2 is 2.11 bits per heavy atom. The van der Waals surface area contributed by atoms with Gasteiger partial charge in [0, 0.05) is 5.92 Å². The molecule has 1 saturated heterocycles. The smallest absolute Gasteiger partial charge is 0.266 e. The molecule has 1 aromatic heterocycles. The molecule has 0 radical (unpaired) electrons. The van der Waals surface area contributed by atoms with Gasteiger partial charge in [-0.1, -0.05) is 0 Å². The highest BCUT2D eigenvalue weighted by atomic mass is 79.9. The fraction of sp³-hybridized carbons (Fsp3) is 0.500. The van der Waals surface area contributed by atoms with E-state index in [2.05, 4.69) is 31.5 Å². The molecule has 3 heterocycles. The number of hydrogen-bond donors (Lipinski definition) is 2. The van der Waals surface area contributed by atoms with Crippen LogP contribution in [0.4, 0.5) is 5.82 Å². The second kappa shape index (κ2) is 4.85. The molecule has 1 amide bonds. The van der Waals surface area contributed by atoms with Crippen molar-refractivity contribution in [2.24, 2.45) is 5.92 Å². The number of anilines is 1. The van der Waals surface area contributed by atoms with Gasteiger partial charge in [-0.05, 0) is 54.0 Å². The number of carbonyl (C=O) groups is 1. The molecule has 0 bridgehead atoms. The number of nitrogens with zero attached hydrogens (tertiary/aromatic N) is 1. The summed E-state index contributed by atoms with van der Waals surface area (Å²) in [6.45, 7) is 1.90. The van der Waals surface area contributed by atoms with Crippen LogP contribution < -0.4 is 15.4 Å². The number of fused-ring (bicyclic) bond motifs is 1. The van der Waals surface area contributed by atoms with Gasteiger partial charge in [0.2, 0.25) is 0 Å². The van der Waals surface area contributed by atoms with Gasteiger partial charge in [-0.25, -0.2) is 4.98 Å². The molecule has 0 saturated carbocycles. The fourth-order valence-corrected chi connectivity index (χ4v) is 2.75. The molecule has 2 aliphatic heterocycles. The minimum Gasteiger partial charge on any atom is -0.476 e. The standard InChI is InChI=1S/C12H14BrN3O2/c13-9-2-1-8-11(15-9)16-12(17)10(18-8)7-3-5-14-6-4-7/h1-2,7,10,14H,3-6H2,(H,15,16,17). The molecule has 96 valence electrons. The van der Waals surface area contributed by atoms with Gasteiger partial charge >= 0.3 is 0 Å². The molecule has 0 aromatic carbocycles. The Kier molecular flexibility index (Phi) is 3.22. The van der Waals surface area contributed by atoms with Crippen molar-refractivity contribution in [1.82, 2.24) is 10.3 Å². The second-order valence-corrected chi connectivity index (χ2v) is 5.41. The Morgan fingerprint density at radius 1 is 1.33 bits per heavy atom. The summed E-state index contributed by atoms with van der Waals surface area (Å²) in [6, 6.07) is 3.65. The lowest BCUT2D eigenvalue weighted by molar-refractivity contribution is -0.126. The Labute approximate surface area is 113 Å². The van der Waals surface area contributed by atoms with E-state index in [4.69, 9.17) is 4.74 Å². The second-order valence-electron chi connectivity index (χ2n) is 4.60. The molecule has 1 unspecified atom stereocenters. The summed E-state index contributed by atoms with van der Waals surface area (Å²) in [5.74, 6) is 1.35. The molecule has 0 aliphatic carbocycles. The van der Waals surface area contributed by atoms with Crippen molar-refractivity contribution in [2.45, 2.75) is 18.9 Å². The summed E-state index contributed by atoms with van der Waals surface area (Å²) < 4.78 is 6.50. The SMILES string of the molecule is O=C1Nc2nc(Br)ccc2OC1C1CCNCC1. The van der Waals surface area contributed by atoms with Crippen LogP contribution in [0.2, 0.25) is 0 Å². The molecular weight excluding hydrogens is 298 g/mol. The van der Waals surface area contributed by atoms with Gasteiger partial charge in [-0.3, -0.25) is 4.79 Å². The first-order valence-corrected chi connectivity index (χ1v) is 6.88. The van der Waals surface area contributed by atoms with Crippen LogP contribution >= 0.6 is 15.9 Å². The normalized spacial score (nSPS) is 24.1. The van der Waals surface area contributed by atoms with E-state index in [1.807, 2.05) is 12.1 Å². The van der Waals surface area contributed by atoms with Crippen molar-refractivity contribution in [1.29, 1.82) is 0 Å². The Bertz CT molecular complexity index is 474. The first-order chi connectivity index (χ1) is 8.74. The number of carbonyl (C=O) groups excluding carboxylic acids is 1. The van der Waals surface area contributed by atoms with Crippen LogP contribution in [-0.2, 0) is 4.79 Å². The highest BCUT2D eigenvalue weighted by molar-refractivity contribution is 9.10. The van der Waals surface area contributed by atoms with Crippen molar-refractivity contribution < 1.29 is 9.53 Å². The van der Waals surface area contributed by atoms with Crippen LogP contribution in [-0.4, -0.2) is 30.1 Å². The van der Waals surface area contributed by atoms with Gasteiger partial charge in [-0.2, -0.15) is 0 Å². The maximum Gasteiger partial charge on any atom is 0.266 e. The molecular formula is C12H14BrN3O2. The van der Waals surface area contributed by atoms with Crippen LogP contribution in [0.1, 0.15) is 12.8 Å². The number of halogens is 1. The molecule has 1 fully saturated rings. The van der Waals surface area contributed by atoms with E-state index in [9.17, 15) is 4.79 Å². The molecule has 18 heavy (non-hydrogen) atoms. The highest BCUT2D eigenvalue weighted by Gasteiger charge is 2.35. The van der Waals surface area contributed by atoms with Crippen molar-refractivity contribution >= 4 is 27.7 Å². The summed E-state index contributed by atoms with van der Waals surface area (Å²) in [6.07, 6.45) is 1.55. The zero-order chi connectivity index (χ0) is 12.5. The number of rotatable bonds is 1. The summed E-state index contributed by atoms with van der Waals surface area (Å²) in [7, 11) is 0. The number of aromatic nitrogens is 1. The minimum absolute atomic E-state index is 0.0833. The van der Waals surface area contributed by atoms with Crippen molar-refractivity contribution in [3.8, 4) is 5.75 Å². The summed E-state index contributed by atoms with van der Waals surface area (Å²) in [5.41, 5.74) is 0. The quantitative estimate of drug-likeness (QED) is 0.772. The maximum atomic E-state index is 12.1. The van der Waals surface area contributed by atoms with E-state index >= 15 is 0 Å². The van der Waals surface area contributed by atoms with E-state index < -0.39 is 0 Å². The van der Waals surface area contributed by atoms with Crippen LogP contribution in [0, 0.1) is 5.92 Å². The molecule has 3 rings (SSSR count). The van der Waals surface area contributed by atoms with Crippen molar-refractivity contribution in [2.75, 3.05) is 18.4 Å². The van der Waals surface area contributed by atoms with E-state index in [-0.39, 0.29) is 17.9 Å². The van der Waals surface area contributed by atoms with Gasteiger partial charge in [0.1, 0.15) is 4.60 Å². The van der Waals surface area contributed by atoms with Crippen LogP contribution in [0.25, 0.3) is 0 Å². The van der Waals surface area contributed by atoms with Gasteiger partial charge in [0.15, 0.2) is 17.7 Å². The molecule has 5 nitrogen and oxygen atoms in total. The molecule has 1 atom stereocenters. The zero-order valence-electron chi connectivity index (χ0n) is 9.78. The Morgan fingerprint density at radius 3 is 2.89 bits per heavy atom. The van der Waals surface area contributed by atoms with E-state index in [0.717, 1.165) is 25.9 Å². The fourth-order valence-electron chi connectivity index (χ4n) is 2.44. The molecule has 2 aliphatic rings. The summed E-state index contributed by atoms with van der Waals surface area (Å²) in [4.78, 5) is 16.2. The molecule has 6 heteroatoms. The lowest BCUT2D eigenvalue weighted by Crippen LogP contribution is -2.46. The zero-order valence-corrected chi connectivity index (χ0v) is 11.4. The third-order valence-electron chi connectivity index (χ3n) is 3.39. The Balaban J connectivity index is 1.82. The summed E-state index contributed by atoms with van der Waals surface area (Å²) >= 11 is 3.28. The third kappa shape index (κ3) is 2.22. The highest BCUT2D eigenvalue weighted by Crippen LogP contribution is 2.32. The Hall–Kier alpha value is -1.14. The van der Waals surface area contributed by atoms with Crippen LogP contribution in [0.3, 0.4) is 0 Å². The topological polar surface area (TPSA) is 63.2 Å². The lowest BCUT2D eigenvalue weighted by atomic mass is 9.91. The van der Waals surface area contributed by atoms with Gasteiger partial charge in [0.05, 0.1) is 0 Å². The lowest BCUT2D eigenvalue weighted by Gasteiger charge is -2.33. The number of amides is 1. The number of hydrogen-bond acceptors (Lipinski definition) is 4. The molecule has 0 spiro atoms. The van der Waals surface area contributed by atoms with E-state index in [1.54, 1.807) is 0 Å². The number of pyridine rings is 1. The predicted octanol–water partition coefficient (Wildman–Crippen LogP) is 1.54. The molecule has 1 aromatic rings. The molecule has 2 N–H and O–H groups in total.